The monoisotopic (exact) mass is 258 g/mol. The lowest BCUT2D eigenvalue weighted by atomic mass is 10.4. The molecule has 1 atom stereocenters. The first-order chi connectivity index (χ1) is 6.60. The Bertz CT molecular complexity index is 374. The van der Waals surface area contributed by atoms with Crippen molar-refractivity contribution in [1.82, 2.24) is 10.0 Å². The summed E-state index contributed by atoms with van der Waals surface area (Å²) >= 11 is 0. The fourth-order valence-corrected chi connectivity index (χ4v) is 2.57. The SMILES string of the molecule is CC(CS(C)(=O)=O)NCCNS(C)(=O)=O. The van der Waals surface area contributed by atoms with E-state index in [-0.39, 0.29) is 18.3 Å². The molecule has 0 saturated heterocycles. The van der Waals surface area contributed by atoms with Crippen LogP contribution < -0.4 is 10.0 Å². The van der Waals surface area contributed by atoms with Gasteiger partial charge in [-0.15, -0.1) is 0 Å². The van der Waals surface area contributed by atoms with Crippen LogP contribution >= 0.6 is 0 Å². The highest BCUT2D eigenvalue weighted by Gasteiger charge is 2.09. The van der Waals surface area contributed by atoms with Crippen molar-refractivity contribution in [1.29, 1.82) is 0 Å². The Morgan fingerprint density at radius 1 is 1.07 bits per heavy atom. The van der Waals surface area contributed by atoms with Gasteiger partial charge >= 0.3 is 0 Å². The van der Waals surface area contributed by atoms with Crippen LogP contribution in [0.3, 0.4) is 0 Å². The van der Waals surface area contributed by atoms with Gasteiger partial charge in [-0.05, 0) is 6.92 Å². The van der Waals surface area contributed by atoms with Gasteiger partial charge in [-0.1, -0.05) is 0 Å². The standard InChI is InChI=1S/C7H18N2O4S2/c1-7(6-14(2,10)11)8-4-5-9-15(3,12)13/h7-9H,4-6H2,1-3H3. The summed E-state index contributed by atoms with van der Waals surface area (Å²) in [5.74, 6) is 0.0475. The van der Waals surface area contributed by atoms with E-state index >= 15 is 0 Å². The summed E-state index contributed by atoms with van der Waals surface area (Å²) in [5.41, 5.74) is 0. The lowest BCUT2D eigenvalue weighted by molar-refractivity contribution is 0.550. The number of nitrogens with one attached hydrogen (secondary N) is 2. The van der Waals surface area contributed by atoms with Crippen LogP contribution in [0.4, 0.5) is 0 Å². The third-order valence-corrected chi connectivity index (χ3v) is 3.37. The Labute approximate surface area is 91.4 Å². The number of hydrogen-bond acceptors (Lipinski definition) is 5. The fraction of sp³-hybridized carbons (Fsp3) is 1.00. The van der Waals surface area contributed by atoms with Crippen LogP contribution in [0.5, 0.6) is 0 Å². The molecule has 0 radical (unpaired) electrons. The van der Waals surface area contributed by atoms with Crippen molar-refractivity contribution in [3.05, 3.63) is 0 Å². The molecule has 0 aliphatic rings. The molecule has 6 nitrogen and oxygen atoms in total. The first-order valence-electron chi connectivity index (χ1n) is 4.46. The quantitative estimate of drug-likeness (QED) is 0.546. The molecule has 0 fully saturated rings. The van der Waals surface area contributed by atoms with Gasteiger partial charge in [0.15, 0.2) is 0 Å². The topological polar surface area (TPSA) is 92.3 Å². The normalized spacial score (nSPS) is 15.1. The minimum Gasteiger partial charge on any atom is -0.312 e. The van der Waals surface area contributed by atoms with Crippen molar-refractivity contribution in [3.63, 3.8) is 0 Å². The summed E-state index contributed by atoms with van der Waals surface area (Å²) in [6, 6.07) is -0.179. The van der Waals surface area contributed by atoms with Crippen molar-refractivity contribution >= 4 is 19.9 Å². The second-order valence-electron chi connectivity index (χ2n) is 3.61. The number of sulfonamides is 1. The maximum absolute atomic E-state index is 10.9. The van der Waals surface area contributed by atoms with Gasteiger partial charge in [0.25, 0.3) is 0 Å². The minimum atomic E-state index is -3.17. The van der Waals surface area contributed by atoms with E-state index in [0.29, 0.717) is 6.54 Å². The van der Waals surface area contributed by atoms with Gasteiger partial charge in [-0.25, -0.2) is 21.6 Å². The van der Waals surface area contributed by atoms with E-state index in [1.54, 1.807) is 6.92 Å². The van der Waals surface area contributed by atoms with Gasteiger partial charge in [0.05, 0.1) is 12.0 Å². The number of sulfone groups is 1. The maximum atomic E-state index is 10.9. The van der Waals surface area contributed by atoms with Gasteiger partial charge < -0.3 is 5.32 Å². The van der Waals surface area contributed by atoms with E-state index in [1.165, 1.54) is 6.26 Å². The zero-order valence-corrected chi connectivity index (χ0v) is 10.8. The summed E-state index contributed by atoms with van der Waals surface area (Å²) in [7, 11) is -6.16. The summed E-state index contributed by atoms with van der Waals surface area (Å²) in [6.07, 6.45) is 2.24. The van der Waals surface area contributed by atoms with E-state index in [4.69, 9.17) is 0 Å². The van der Waals surface area contributed by atoms with E-state index in [9.17, 15) is 16.8 Å². The van der Waals surface area contributed by atoms with Gasteiger partial charge in [0.2, 0.25) is 10.0 Å². The largest absolute Gasteiger partial charge is 0.312 e. The Kier molecular flexibility index (Phi) is 5.71. The number of rotatable bonds is 7. The molecule has 0 aromatic rings. The lowest BCUT2D eigenvalue weighted by Crippen LogP contribution is -2.38. The molecule has 0 bridgehead atoms. The van der Waals surface area contributed by atoms with E-state index in [0.717, 1.165) is 6.26 Å². The van der Waals surface area contributed by atoms with Crippen molar-refractivity contribution in [2.45, 2.75) is 13.0 Å². The Hall–Kier alpha value is -0.180. The molecular weight excluding hydrogens is 240 g/mol. The van der Waals surface area contributed by atoms with Crippen LogP contribution in [-0.2, 0) is 19.9 Å². The van der Waals surface area contributed by atoms with E-state index < -0.39 is 19.9 Å². The summed E-state index contributed by atoms with van der Waals surface area (Å²) in [6.45, 7) is 2.40. The highest BCUT2D eigenvalue weighted by Crippen LogP contribution is 1.89. The minimum absolute atomic E-state index is 0.0475. The Balaban J connectivity index is 3.70. The molecule has 92 valence electrons. The molecule has 0 aromatic heterocycles. The highest BCUT2D eigenvalue weighted by molar-refractivity contribution is 7.90. The second kappa shape index (κ2) is 5.78. The van der Waals surface area contributed by atoms with Crippen molar-refractivity contribution < 1.29 is 16.8 Å². The molecule has 1 unspecified atom stereocenters. The molecule has 0 heterocycles. The fourth-order valence-electron chi connectivity index (χ4n) is 1.07. The summed E-state index contributed by atoms with van der Waals surface area (Å²) < 4.78 is 45.4. The van der Waals surface area contributed by atoms with Gasteiger partial charge in [0.1, 0.15) is 9.84 Å². The third kappa shape index (κ3) is 11.7. The van der Waals surface area contributed by atoms with Crippen molar-refractivity contribution in [3.8, 4) is 0 Å². The molecule has 0 aromatic carbocycles. The molecule has 2 N–H and O–H groups in total. The van der Waals surface area contributed by atoms with Crippen LogP contribution in [0.1, 0.15) is 6.92 Å². The number of hydrogen-bond donors (Lipinski definition) is 2. The first kappa shape index (κ1) is 14.8. The smallest absolute Gasteiger partial charge is 0.208 e. The van der Waals surface area contributed by atoms with Crippen LogP contribution in [-0.4, -0.2) is 54.2 Å². The molecular formula is C7H18N2O4S2. The van der Waals surface area contributed by atoms with Crippen LogP contribution in [0.25, 0.3) is 0 Å². The van der Waals surface area contributed by atoms with Gasteiger partial charge in [0, 0.05) is 25.4 Å². The molecule has 8 heteroatoms. The average molecular weight is 258 g/mol. The average Bonchev–Trinajstić information content (AvgIpc) is 1.92. The lowest BCUT2D eigenvalue weighted by Gasteiger charge is -2.12. The maximum Gasteiger partial charge on any atom is 0.208 e. The van der Waals surface area contributed by atoms with Gasteiger partial charge in [-0.2, -0.15) is 0 Å². The predicted molar refractivity (Wildman–Crippen MR) is 60.0 cm³/mol. The Morgan fingerprint density at radius 2 is 1.60 bits per heavy atom. The molecule has 15 heavy (non-hydrogen) atoms. The summed E-state index contributed by atoms with van der Waals surface area (Å²) in [5, 5.41) is 2.91. The molecule has 0 amide bonds. The molecule has 0 saturated carbocycles. The second-order valence-corrected chi connectivity index (χ2v) is 7.63. The van der Waals surface area contributed by atoms with E-state index in [1.807, 2.05) is 0 Å². The Morgan fingerprint density at radius 3 is 2.00 bits per heavy atom. The predicted octanol–water partition coefficient (Wildman–Crippen LogP) is -1.44. The zero-order valence-electron chi connectivity index (χ0n) is 9.15. The first-order valence-corrected chi connectivity index (χ1v) is 8.41. The summed E-state index contributed by atoms with van der Waals surface area (Å²) in [4.78, 5) is 0. The van der Waals surface area contributed by atoms with Crippen molar-refractivity contribution in [2.75, 3.05) is 31.4 Å². The zero-order chi connectivity index (χ0) is 12.1. The van der Waals surface area contributed by atoms with Crippen molar-refractivity contribution in [2.24, 2.45) is 0 Å². The van der Waals surface area contributed by atoms with Crippen LogP contribution in [0, 0.1) is 0 Å². The highest BCUT2D eigenvalue weighted by atomic mass is 32.2. The third-order valence-electron chi connectivity index (χ3n) is 1.53. The van der Waals surface area contributed by atoms with Gasteiger partial charge in [-0.3, -0.25) is 0 Å². The molecule has 0 spiro atoms. The van der Waals surface area contributed by atoms with Crippen LogP contribution in [0.15, 0.2) is 0 Å². The molecule has 0 aliphatic carbocycles. The van der Waals surface area contributed by atoms with Crippen LogP contribution in [0.2, 0.25) is 0 Å². The molecule has 0 aliphatic heterocycles. The molecule has 0 rings (SSSR count). The van der Waals surface area contributed by atoms with E-state index in [2.05, 4.69) is 10.0 Å².